The van der Waals surface area contributed by atoms with Crippen LogP contribution in [0.25, 0.3) is 0 Å². The summed E-state index contributed by atoms with van der Waals surface area (Å²) >= 11 is 5.81. The molecule has 0 aliphatic carbocycles. The van der Waals surface area contributed by atoms with Gasteiger partial charge in [-0.05, 0) is 11.5 Å². The summed E-state index contributed by atoms with van der Waals surface area (Å²) in [6, 6.07) is 0. The Balaban J connectivity index is 3.24. The van der Waals surface area contributed by atoms with E-state index in [1.807, 2.05) is 0 Å². The molecule has 1 rings (SSSR count). The van der Waals surface area contributed by atoms with E-state index in [0.717, 1.165) is 11.5 Å². The molecular formula is C4H3NO2S2. The standard InChI is InChI=1S/C4H3NO2S2/c6-3(7)2-1-5-9-4(2)8/h1,5H,(H,6,7). The zero-order valence-corrected chi connectivity index (χ0v) is 5.88. The fourth-order valence-electron chi connectivity index (χ4n) is 0.405. The molecule has 0 aliphatic heterocycles. The summed E-state index contributed by atoms with van der Waals surface area (Å²) in [5.74, 6) is -0.975. The SMILES string of the molecule is O=C(O)c1c[nH]sc1=S. The van der Waals surface area contributed by atoms with Crippen LogP contribution in [0.5, 0.6) is 0 Å². The van der Waals surface area contributed by atoms with Crippen LogP contribution in [0, 0.1) is 3.82 Å². The molecule has 0 atom stereocenters. The van der Waals surface area contributed by atoms with Crippen molar-refractivity contribution in [1.29, 1.82) is 0 Å². The first-order valence-electron chi connectivity index (χ1n) is 2.12. The Morgan fingerprint density at radius 3 is 2.78 bits per heavy atom. The molecule has 0 bridgehead atoms. The van der Waals surface area contributed by atoms with Crippen molar-refractivity contribution in [2.24, 2.45) is 0 Å². The molecule has 2 N–H and O–H groups in total. The van der Waals surface area contributed by atoms with Crippen molar-refractivity contribution in [3.63, 3.8) is 0 Å². The molecule has 0 spiro atoms. The first kappa shape index (κ1) is 6.44. The number of hydrogen-bond acceptors (Lipinski definition) is 3. The van der Waals surface area contributed by atoms with Crippen molar-refractivity contribution in [2.45, 2.75) is 0 Å². The second kappa shape index (κ2) is 2.28. The Labute approximate surface area is 60.1 Å². The molecule has 0 saturated heterocycles. The van der Waals surface area contributed by atoms with Crippen molar-refractivity contribution in [1.82, 2.24) is 4.37 Å². The number of carboxylic acids is 1. The molecule has 1 aromatic rings. The highest BCUT2D eigenvalue weighted by atomic mass is 32.2. The fraction of sp³-hybridized carbons (Fsp3) is 0. The van der Waals surface area contributed by atoms with Gasteiger partial charge in [0.1, 0.15) is 9.39 Å². The van der Waals surface area contributed by atoms with E-state index in [-0.39, 0.29) is 5.56 Å². The summed E-state index contributed by atoms with van der Waals surface area (Å²) in [7, 11) is 0. The van der Waals surface area contributed by atoms with Crippen LogP contribution in [-0.4, -0.2) is 15.4 Å². The van der Waals surface area contributed by atoms with E-state index in [1.54, 1.807) is 0 Å². The molecular weight excluding hydrogens is 158 g/mol. The zero-order chi connectivity index (χ0) is 6.85. The largest absolute Gasteiger partial charge is 0.478 e. The molecule has 0 radical (unpaired) electrons. The van der Waals surface area contributed by atoms with Crippen LogP contribution in [-0.2, 0) is 0 Å². The van der Waals surface area contributed by atoms with E-state index in [1.165, 1.54) is 6.20 Å². The van der Waals surface area contributed by atoms with Gasteiger partial charge in [0, 0.05) is 6.20 Å². The quantitative estimate of drug-likeness (QED) is 0.614. The van der Waals surface area contributed by atoms with Gasteiger partial charge in [-0.15, -0.1) is 0 Å². The highest BCUT2D eigenvalue weighted by molar-refractivity contribution is 7.73. The Kier molecular flexibility index (Phi) is 1.63. The first-order valence-corrected chi connectivity index (χ1v) is 3.34. The lowest BCUT2D eigenvalue weighted by Crippen LogP contribution is -1.92. The lowest BCUT2D eigenvalue weighted by atomic mass is 10.4. The second-order valence-electron chi connectivity index (χ2n) is 1.37. The zero-order valence-electron chi connectivity index (χ0n) is 4.25. The summed E-state index contributed by atoms with van der Waals surface area (Å²) in [6.45, 7) is 0. The van der Waals surface area contributed by atoms with Gasteiger partial charge in [0.05, 0.1) is 0 Å². The van der Waals surface area contributed by atoms with E-state index in [9.17, 15) is 4.79 Å². The maximum Gasteiger partial charge on any atom is 0.339 e. The maximum atomic E-state index is 10.2. The minimum absolute atomic E-state index is 0.176. The average molecular weight is 161 g/mol. The molecule has 1 aromatic heterocycles. The van der Waals surface area contributed by atoms with Crippen molar-refractivity contribution in [3.8, 4) is 0 Å². The lowest BCUT2D eigenvalue weighted by Gasteiger charge is -1.79. The summed E-state index contributed by atoms with van der Waals surface area (Å²) in [6.07, 6.45) is 1.38. The van der Waals surface area contributed by atoms with Crippen molar-refractivity contribution in [3.05, 3.63) is 15.6 Å². The van der Waals surface area contributed by atoms with Crippen molar-refractivity contribution in [2.75, 3.05) is 0 Å². The summed E-state index contributed by atoms with van der Waals surface area (Å²) in [5, 5.41) is 8.37. The highest BCUT2D eigenvalue weighted by Crippen LogP contribution is 2.05. The van der Waals surface area contributed by atoms with Crippen LogP contribution < -0.4 is 0 Å². The topological polar surface area (TPSA) is 53.1 Å². The third-order valence-electron chi connectivity index (χ3n) is 0.805. The van der Waals surface area contributed by atoms with Gasteiger partial charge in [-0.2, -0.15) is 0 Å². The first-order chi connectivity index (χ1) is 4.22. The number of nitrogens with one attached hydrogen (secondary N) is 1. The fourth-order valence-corrected chi connectivity index (χ4v) is 1.24. The third kappa shape index (κ3) is 1.17. The van der Waals surface area contributed by atoms with Crippen LogP contribution in [0.1, 0.15) is 10.4 Å². The van der Waals surface area contributed by atoms with E-state index in [4.69, 9.17) is 5.11 Å². The number of aromatic amines is 1. The van der Waals surface area contributed by atoms with Crippen LogP contribution in [0.15, 0.2) is 6.20 Å². The van der Waals surface area contributed by atoms with E-state index < -0.39 is 5.97 Å². The van der Waals surface area contributed by atoms with Crippen LogP contribution in [0.3, 0.4) is 0 Å². The van der Waals surface area contributed by atoms with E-state index >= 15 is 0 Å². The Morgan fingerprint density at radius 2 is 2.56 bits per heavy atom. The summed E-state index contributed by atoms with van der Waals surface area (Å²) in [5.41, 5.74) is 0.176. The van der Waals surface area contributed by atoms with Crippen LogP contribution in [0.4, 0.5) is 0 Å². The maximum absolute atomic E-state index is 10.2. The number of carboxylic acid groups (broad SMARTS) is 1. The predicted molar refractivity (Wildman–Crippen MR) is 36.5 cm³/mol. The Bertz CT molecular complexity index is 274. The number of aromatic nitrogens is 1. The van der Waals surface area contributed by atoms with Gasteiger partial charge in [0.2, 0.25) is 0 Å². The highest BCUT2D eigenvalue weighted by Gasteiger charge is 2.04. The average Bonchev–Trinajstić information content (AvgIpc) is 2.13. The molecule has 3 nitrogen and oxygen atoms in total. The number of rotatable bonds is 1. The second-order valence-corrected chi connectivity index (χ2v) is 2.89. The van der Waals surface area contributed by atoms with Gasteiger partial charge in [0.25, 0.3) is 0 Å². The molecule has 0 aliphatic rings. The summed E-state index contributed by atoms with van der Waals surface area (Å²) < 4.78 is 3.03. The molecule has 0 saturated carbocycles. The predicted octanol–water partition coefficient (Wildman–Crippen LogP) is 1.50. The molecule has 0 aromatic carbocycles. The number of H-pyrrole nitrogens is 1. The monoisotopic (exact) mass is 161 g/mol. The molecule has 0 unspecified atom stereocenters. The Morgan fingerprint density at radius 1 is 1.89 bits per heavy atom. The van der Waals surface area contributed by atoms with Gasteiger partial charge in [-0.25, -0.2) is 4.79 Å². The molecule has 5 heteroatoms. The molecule has 9 heavy (non-hydrogen) atoms. The Hall–Kier alpha value is -0.680. The van der Waals surface area contributed by atoms with Crippen LogP contribution >= 0.6 is 23.8 Å². The summed E-state index contributed by atoms with van der Waals surface area (Å²) in [4.78, 5) is 10.2. The molecule has 48 valence electrons. The van der Waals surface area contributed by atoms with Gasteiger partial charge >= 0.3 is 5.97 Å². The number of hydrogen-bond donors (Lipinski definition) is 2. The minimum atomic E-state index is -0.975. The van der Waals surface area contributed by atoms with Gasteiger partial charge in [-0.1, -0.05) is 12.2 Å². The smallest absolute Gasteiger partial charge is 0.339 e. The molecule has 0 fully saturated rings. The third-order valence-corrected chi connectivity index (χ3v) is 1.92. The molecule has 0 amide bonds. The van der Waals surface area contributed by atoms with Gasteiger partial charge < -0.3 is 9.48 Å². The minimum Gasteiger partial charge on any atom is -0.478 e. The van der Waals surface area contributed by atoms with Gasteiger partial charge in [0.15, 0.2) is 0 Å². The van der Waals surface area contributed by atoms with Crippen molar-refractivity contribution >= 4 is 29.7 Å². The lowest BCUT2D eigenvalue weighted by molar-refractivity contribution is 0.0696. The van der Waals surface area contributed by atoms with Crippen LogP contribution in [0.2, 0.25) is 0 Å². The van der Waals surface area contributed by atoms with Crippen molar-refractivity contribution < 1.29 is 9.90 Å². The van der Waals surface area contributed by atoms with E-state index in [2.05, 4.69) is 16.6 Å². The normalized spacial score (nSPS) is 9.33. The molecule has 1 heterocycles. The van der Waals surface area contributed by atoms with Gasteiger partial charge in [-0.3, -0.25) is 0 Å². The number of aromatic carboxylic acids is 1. The number of carbonyl (C=O) groups is 1. The van der Waals surface area contributed by atoms with E-state index in [0.29, 0.717) is 3.82 Å².